The fourth-order valence-electron chi connectivity index (χ4n) is 5.43. The van der Waals surface area contributed by atoms with Gasteiger partial charge in [-0.3, -0.25) is 9.69 Å². The molecule has 5 rings (SSSR count). The molecule has 0 saturated heterocycles. The smallest absolute Gasteiger partial charge is 0.230 e. The third kappa shape index (κ3) is 3.51. The molecule has 5 nitrogen and oxygen atoms in total. The van der Waals surface area contributed by atoms with E-state index in [2.05, 4.69) is 66.3 Å². The van der Waals surface area contributed by atoms with E-state index in [1.165, 1.54) is 33.2 Å². The van der Waals surface area contributed by atoms with E-state index in [1.807, 2.05) is 17.0 Å². The first-order valence-corrected chi connectivity index (χ1v) is 11.6. The molecule has 1 aliphatic carbocycles. The zero-order valence-corrected chi connectivity index (χ0v) is 19.1. The number of rotatable bonds is 6. The molecule has 1 unspecified atom stereocenters. The first-order chi connectivity index (χ1) is 15.6. The standard InChI is InChI=1S/C27H31N3O2/c1-4-29(5-2)27(31)20-13-23-22-10-7-11-24-26(22)19(15-28-24)14-25(23)30(17-20)16-18-8-6-9-21(12-18)32-3/h6-13,15,20,25,28H,4-5,14,16-17H2,1-3H3/t20-,25?/m1/s1. The van der Waals surface area contributed by atoms with Crippen molar-refractivity contribution in [3.63, 3.8) is 0 Å². The number of benzene rings is 2. The van der Waals surface area contributed by atoms with Crippen molar-refractivity contribution in [1.82, 2.24) is 14.8 Å². The van der Waals surface area contributed by atoms with Gasteiger partial charge >= 0.3 is 0 Å². The molecule has 0 fully saturated rings. The summed E-state index contributed by atoms with van der Waals surface area (Å²) in [7, 11) is 1.70. The molecule has 32 heavy (non-hydrogen) atoms. The maximum Gasteiger partial charge on any atom is 0.230 e. The van der Waals surface area contributed by atoms with Gasteiger partial charge in [0.05, 0.1) is 13.0 Å². The van der Waals surface area contributed by atoms with Crippen LogP contribution in [-0.4, -0.2) is 53.5 Å². The second-order valence-electron chi connectivity index (χ2n) is 8.78. The Labute approximate surface area is 189 Å². The number of hydrogen-bond donors (Lipinski definition) is 1. The number of carbonyl (C=O) groups is 1. The summed E-state index contributed by atoms with van der Waals surface area (Å²) in [6.07, 6.45) is 5.37. The van der Waals surface area contributed by atoms with Gasteiger partial charge in [0.25, 0.3) is 0 Å². The summed E-state index contributed by atoms with van der Waals surface area (Å²) in [6, 6.07) is 15.0. The highest BCUT2D eigenvalue weighted by Gasteiger charge is 2.38. The Morgan fingerprint density at radius 3 is 2.78 bits per heavy atom. The quantitative estimate of drug-likeness (QED) is 0.628. The number of ether oxygens (including phenoxy) is 1. The maximum absolute atomic E-state index is 13.4. The predicted octanol–water partition coefficient (Wildman–Crippen LogP) is 4.49. The van der Waals surface area contributed by atoms with Crippen molar-refractivity contribution < 1.29 is 9.53 Å². The minimum absolute atomic E-state index is 0.137. The summed E-state index contributed by atoms with van der Waals surface area (Å²) < 4.78 is 5.45. The van der Waals surface area contributed by atoms with Gasteiger partial charge in [0.15, 0.2) is 0 Å². The highest BCUT2D eigenvalue weighted by atomic mass is 16.5. The summed E-state index contributed by atoms with van der Waals surface area (Å²) in [5.41, 5.74) is 6.30. The molecule has 0 radical (unpaired) electrons. The van der Waals surface area contributed by atoms with Crippen LogP contribution in [0.3, 0.4) is 0 Å². The average Bonchev–Trinajstić information content (AvgIpc) is 3.24. The Kier molecular flexibility index (Phi) is 5.51. The normalized spacial score (nSPS) is 20.0. The number of H-pyrrole nitrogens is 1. The van der Waals surface area contributed by atoms with E-state index in [4.69, 9.17) is 4.74 Å². The van der Waals surface area contributed by atoms with Crippen molar-refractivity contribution >= 4 is 22.4 Å². The van der Waals surface area contributed by atoms with Gasteiger partial charge in [0.1, 0.15) is 5.75 Å². The molecule has 2 atom stereocenters. The third-order valence-electron chi connectivity index (χ3n) is 7.04. The Bertz CT molecular complexity index is 1170. The minimum atomic E-state index is -0.137. The van der Waals surface area contributed by atoms with E-state index in [0.29, 0.717) is 0 Å². The van der Waals surface area contributed by atoms with Gasteiger partial charge in [0, 0.05) is 49.3 Å². The SMILES string of the molecule is CCN(CC)C(=O)[C@@H]1C=C2c3cccc4[nH]cc(c34)CC2N(Cc2cccc(OC)c2)C1. The molecule has 0 bridgehead atoms. The van der Waals surface area contributed by atoms with Crippen LogP contribution in [-0.2, 0) is 17.8 Å². The first-order valence-electron chi connectivity index (χ1n) is 11.6. The molecule has 0 saturated carbocycles. The topological polar surface area (TPSA) is 48.6 Å². The van der Waals surface area contributed by atoms with Crippen molar-refractivity contribution in [3.8, 4) is 5.75 Å². The number of amides is 1. The van der Waals surface area contributed by atoms with Crippen molar-refractivity contribution in [1.29, 1.82) is 0 Å². The number of aromatic nitrogens is 1. The molecular weight excluding hydrogens is 398 g/mol. The summed E-state index contributed by atoms with van der Waals surface area (Å²) in [5, 5.41) is 1.31. The largest absolute Gasteiger partial charge is 0.497 e. The monoisotopic (exact) mass is 429 g/mol. The highest BCUT2D eigenvalue weighted by molar-refractivity contribution is 5.99. The lowest BCUT2D eigenvalue weighted by atomic mass is 9.79. The second-order valence-corrected chi connectivity index (χ2v) is 8.78. The Balaban J connectivity index is 1.57. The lowest BCUT2D eigenvalue weighted by molar-refractivity contribution is -0.134. The van der Waals surface area contributed by atoms with Crippen LogP contribution in [0.2, 0.25) is 0 Å². The molecule has 1 N–H and O–H groups in total. The number of carbonyl (C=O) groups excluding carboxylic acids is 1. The van der Waals surface area contributed by atoms with Crippen molar-refractivity contribution in [2.75, 3.05) is 26.7 Å². The zero-order valence-electron chi connectivity index (χ0n) is 19.1. The molecule has 5 heteroatoms. The third-order valence-corrected chi connectivity index (χ3v) is 7.04. The Morgan fingerprint density at radius 1 is 1.19 bits per heavy atom. The van der Waals surface area contributed by atoms with Gasteiger partial charge in [-0.15, -0.1) is 0 Å². The van der Waals surface area contributed by atoms with E-state index in [0.717, 1.165) is 38.3 Å². The number of fused-ring (bicyclic) bond motifs is 2. The Hall–Kier alpha value is -3.05. The van der Waals surface area contributed by atoms with Gasteiger partial charge in [-0.05, 0) is 60.7 Å². The summed E-state index contributed by atoms with van der Waals surface area (Å²) >= 11 is 0. The van der Waals surface area contributed by atoms with E-state index < -0.39 is 0 Å². The number of hydrogen-bond acceptors (Lipinski definition) is 3. The Morgan fingerprint density at radius 2 is 2.00 bits per heavy atom. The lowest BCUT2D eigenvalue weighted by Gasteiger charge is -2.42. The van der Waals surface area contributed by atoms with Gasteiger partial charge in [-0.2, -0.15) is 0 Å². The van der Waals surface area contributed by atoms with E-state index in [1.54, 1.807) is 7.11 Å². The minimum Gasteiger partial charge on any atom is -0.497 e. The van der Waals surface area contributed by atoms with Crippen LogP contribution in [0, 0.1) is 5.92 Å². The zero-order chi connectivity index (χ0) is 22.2. The fraction of sp³-hybridized carbons (Fsp3) is 0.370. The lowest BCUT2D eigenvalue weighted by Crippen LogP contribution is -2.48. The van der Waals surface area contributed by atoms with Crippen molar-refractivity contribution in [3.05, 3.63) is 71.4 Å². The molecule has 1 aromatic heterocycles. The molecule has 2 aliphatic rings. The van der Waals surface area contributed by atoms with E-state index in [-0.39, 0.29) is 17.9 Å². The van der Waals surface area contributed by atoms with Crippen LogP contribution in [0.25, 0.3) is 16.5 Å². The number of aromatic amines is 1. The number of nitrogens with zero attached hydrogens (tertiary/aromatic N) is 2. The van der Waals surface area contributed by atoms with Crippen LogP contribution < -0.4 is 4.74 Å². The van der Waals surface area contributed by atoms with Crippen LogP contribution >= 0.6 is 0 Å². The highest BCUT2D eigenvalue weighted by Crippen LogP contribution is 2.42. The van der Waals surface area contributed by atoms with Crippen molar-refractivity contribution in [2.45, 2.75) is 32.9 Å². The summed E-state index contributed by atoms with van der Waals surface area (Å²) in [5.74, 6) is 0.957. The predicted molar refractivity (Wildman–Crippen MR) is 129 cm³/mol. The molecule has 2 heterocycles. The number of methoxy groups -OCH3 is 1. The molecule has 1 amide bonds. The molecule has 166 valence electrons. The van der Waals surface area contributed by atoms with Crippen LogP contribution in [0.5, 0.6) is 5.75 Å². The van der Waals surface area contributed by atoms with Crippen LogP contribution in [0.1, 0.15) is 30.5 Å². The van der Waals surface area contributed by atoms with Gasteiger partial charge in [-0.25, -0.2) is 0 Å². The van der Waals surface area contributed by atoms with Crippen molar-refractivity contribution in [2.24, 2.45) is 5.92 Å². The number of nitrogens with one attached hydrogen (secondary N) is 1. The summed E-state index contributed by atoms with van der Waals surface area (Å²) in [4.78, 5) is 21.3. The van der Waals surface area contributed by atoms with E-state index in [9.17, 15) is 4.79 Å². The second kappa shape index (κ2) is 8.47. The molecule has 0 spiro atoms. The molecular formula is C27H31N3O2. The summed E-state index contributed by atoms with van der Waals surface area (Å²) in [6.45, 7) is 7.12. The first kappa shape index (κ1) is 20.8. The molecule has 2 aromatic carbocycles. The van der Waals surface area contributed by atoms with Crippen LogP contribution in [0.4, 0.5) is 0 Å². The fourth-order valence-corrected chi connectivity index (χ4v) is 5.43. The van der Waals surface area contributed by atoms with Gasteiger partial charge in [-0.1, -0.05) is 30.3 Å². The molecule has 3 aromatic rings. The van der Waals surface area contributed by atoms with Gasteiger partial charge < -0.3 is 14.6 Å². The van der Waals surface area contributed by atoms with Gasteiger partial charge in [0.2, 0.25) is 5.91 Å². The van der Waals surface area contributed by atoms with Crippen LogP contribution in [0.15, 0.2) is 54.7 Å². The maximum atomic E-state index is 13.4. The average molecular weight is 430 g/mol. The molecule has 1 aliphatic heterocycles. The van der Waals surface area contributed by atoms with E-state index >= 15 is 0 Å².